The molecule has 0 fully saturated rings. The van der Waals surface area contributed by atoms with Crippen LogP contribution in [0.1, 0.15) is 43.5 Å². The molecule has 5 heteroatoms. The zero-order chi connectivity index (χ0) is 20.3. The zero-order valence-electron chi connectivity index (χ0n) is 16.7. The van der Waals surface area contributed by atoms with E-state index in [1.165, 1.54) is 5.56 Å². The number of nitriles is 1. The number of nitrogens with one attached hydrogen (secondary N) is 2. The van der Waals surface area contributed by atoms with E-state index in [4.69, 9.17) is 17.0 Å². The van der Waals surface area contributed by atoms with E-state index in [0.717, 1.165) is 22.6 Å². The first kappa shape index (κ1) is 19.9. The normalized spacial score (nSPS) is 16.8. The predicted molar refractivity (Wildman–Crippen MR) is 116 cm³/mol. The lowest BCUT2D eigenvalue weighted by atomic mass is 9.84. The molecule has 2 N–H and O–H groups in total. The van der Waals surface area contributed by atoms with Gasteiger partial charge in [0.05, 0.1) is 17.7 Å². The fourth-order valence-corrected chi connectivity index (χ4v) is 3.35. The number of nitrogens with zero attached hydrogens (tertiary/aromatic N) is 1. The maximum Gasteiger partial charge on any atom is 0.171 e. The van der Waals surface area contributed by atoms with E-state index in [1.54, 1.807) is 0 Å². The van der Waals surface area contributed by atoms with Crippen molar-refractivity contribution in [2.45, 2.75) is 40.3 Å². The predicted octanol–water partition coefficient (Wildman–Crippen LogP) is 4.92. The van der Waals surface area contributed by atoms with Crippen LogP contribution < -0.4 is 15.4 Å². The average molecular weight is 392 g/mol. The molecular formula is C23H25N3OS. The summed E-state index contributed by atoms with van der Waals surface area (Å²) in [5.41, 5.74) is 4.66. The van der Waals surface area contributed by atoms with Crippen molar-refractivity contribution >= 4 is 17.3 Å². The molecule has 0 aromatic heterocycles. The Kier molecular flexibility index (Phi) is 5.71. The number of benzene rings is 2. The molecule has 144 valence electrons. The van der Waals surface area contributed by atoms with E-state index in [9.17, 15) is 5.26 Å². The first-order valence-electron chi connectivity index (χ1n) is 9.28. The van der Waals surface area contributed by atoms with E-state index in [2.05, 4.69) is 68.7 Å². The number of hydrogen-bond donors (Lipinski definition) is 2. The monoisotopic (exact) mass is 391 g/mol. The van der Waals surface area contributed by atoms with Gasteiger partial charge >= 0.3 is 0 Å². The Balaban J connectivity index is 1.79. The van der Waals surface area contributed by atoms with Gasteiger partial charge in [-0.2, -0.15) is 5.26 Å². The van der Waals surface area contributed by atoms with Crippen LogP contribution in [0.3, 0.4) is 0 Å². The summed E-state index contributed by atoms with van der Waals surface area (Å²) in [7, 11) is 0. The minimum absolute atomic E-state index is 0.202. The highest BCUT2D eigenvalue weighted by atomic mass is 32.1. The molecule has 0 saturated carbocycles. The Morgan fingerprint density at radius 3 is 2.29 bits per heavy atom. The molecule has 3 rings (SSSR count). The average Bonchev–Trinajstić information content (AvgIpc) is 2.66. The molecule has 0 aliphatic carbocycles. The minimum atomic E-state index is -0.265. The van der Waals surface area contributed by atoms with Crippen molar-refractivity contribution in [3.63, 3.8) is 0 Å². The SMILES string of the molecule is Cc1ccc(COc2ccc([C@@H]3NC(=S)NC(C(C)(C)C)=C3C#N)cc2)cc1. The third-order valence-electron chi connectivity index (χ3n) is 4.68. The van der Waals surface area contributed by atoms with E-state index in [1.807, 2.05) is 24.3 Å². The molecule has 1 atom stereocenters. The first-order valence-corrected chi connectivity index (χ1v) is 9.69. The number of thiocarbonyl (C=S) groups is 1. The molecule has 0 radical (unpaired) electrons. The lowest BCUT2D eigenvalue weighted by molar-refractivity contribution is 0.306. The molecular weight excluding hydrogens is 366 g/mol. The lowest BCUT2D eigenvalue weighted by Gasteiger charge is -2.34. The van der Waals surface area contributed by atoms with Crippen LogP contribution in [-0.4, -0.2) is 5.11 Å². The fraction of sp³-hybridized carbons (Fsp3) is 0.304. The molecule has 0 bridgehead atoms. The topological polar surface area (TPSA) is 57.1 Å². The van der Waals surface area contributed by atoms with Crippen molar-refractivity contribution in [1.29, 1.82) is 5.26 Å². The van der Waals surface area contributed by atoms with Gasteiger partial charge in [0.1, 0.15) is 12.4 Å². The molecule has 0 spiro atoms. The highest BCUT2D eigenvalue weighted by Gasteiger charge is 2.32. The Labute approximate surface area is 172 Å². The van der Waals surface area contributed by atoms with Crippen molar-refractivity contribution in [1.82, 2.24) is 10.6 Å². The summed E-state index contributed by atoms with van der Waals surface area (Å²) >= 11 is 5.37. The molecule has 1 heterocycles. The second-order valence-electron chi connectivity index (χ2n) is 8.03. The van der Waals surface area contributed by atoms with E-state index >= 15 is 0 Å². The van der Waals surface area contributed by atoms with Crippen molar-refractivity contribution < 1.29 is 4.74 Å². The minimum Gasteiger partial charge on any atom is -0.489 e. The molecule has 4 nitrogen and oxygen atoms in total. The van der Waals surface area contributed by atoms with Gasteiger partial charge in [0.15, 0.2) is 5.11 Å². The number of aryl methyl sites for hydroxylation is 1. The van der Waals surface area contributed by atoms with Gasteiger partial charge in [-0.1, -0.05) is 62.7 Å². The molecule has 0 unspecified atom stereocenters. The summed E-state index contributed by atoms with van der Waals surface area (Å²) in [5, 5.41) is 16.7. The summed E-state index contributed by atoms with van der Waals surface area (Å²) in [4.78, 5) is 0. The smallest absolute Gasteiger partial charge is 0.171 e. The van der Waals surface area contributed by atoms with Crippen LogP contribution in [0.25, 0.3) is 0 Å². The van der Waals surface area contributed by atoms with E-state index in [-0.39, 0.29) is 11.5 Å². The molecule has 28 heavy (non-hydrogen) atoms. The van der Waals surface area contributed by atoms with Crippen molar-refractivity contribution in [2.75, 3.05) is 0 Å². The number of hydrogen-bond acceptors (Lipinski definition) is 3. The Morgan fingerprint density at radius 1 is 1.07 bits per heavy atom. The molecule has 0 saturated heterocycles. The maximum absolute atomic E-state index is 9.77. The second kappa shape index (κ2) is 8.04. The molecule has 1 aliphatic heterocycles. The molecule has 1 aliphatic rings. The summed E-state index contributed by atoms with van der Waals surface area (Å²) in [5.74, 6) is 0.791. The van der Waals surface area contributed by atoms with Gasteiger partial charge in [-0.3, -0.25) is 0 Å². The quantitative estimate of drug-likeness (QED) is 0.725. The number of allylic oxidation sites excluding steroid dienone is 1. The van der Waals surface area contributed by atoms with Gasteiger partial charge in [0, 0.05) is 11.1 Å². The summed E-state index contributed by atoms with van der Waals surface area (Å²) in [6.07, 6.45) is 0. The van der Waals surface area contributed by atoms with Crippen molar-refractivity contribution in [3.05, 3.63) is 76.5 Å². The Morgan fingerprint density at radius 2 is 1.71 bits per heavy atom. The molecule has 0 amide bonds. The van der Waals surface area contributed by atoms with Crippen LogP contribution in [0.15, 0.2) is 59.8 Å². The standard InChI is InChI=1S/C23H25N3OS/c1-15-5-7-16(8-6-15)14-27-18-11-9-17(10-12-18)20-19(13-24)21(23(2,3)4)26-22(28)25-20/h5-12,20H,14H2,1-4H3,(H2,25,26,28)/t20-/m0/s1. The Bertz CT molecular complexity index is 932. The highest BCUT2D eigenvalue weighted by molar-refractivity contribution is 7.80. The van der Waals surface area contributed by atoms with Gasteiger partial charge in [-0.05, 0) is 42.4 Å². The Hall–Kier alpha value is -2.84. The number of rotatable bonds is 4. The van der Waals surface area contributed by atoms with Gasteiger partial charge in [-0.25, -0.2) is 0 Å². The summed E-state index contributed by atoms with van der Waals surface area (Å²) in [6.45, 7) is 8.80. The summed E-state index contributed by atoms with van der Waals surface area (Å²) < 4.78 is 5.89. The van der Waals surface area contributed by atoms with Gasteiger partial charge < -0.3 is 15.4 Å². The molecule has 2 aromatic rings. The third kappa shape index (κ3) is 4.52. The van der Waals surface area contributed by atoms with Crippen LogP contribution in [0.5, 0.6) is 5.75 Å². The van der Waals surface area contributed by atoms with Crippen LogP contribution in [-0.2, 0) is 6.61 Å². The first-order chi connectivity index (χ1) is 13.3. The fourth-order valence-electron chi connectivity index (χ4n) is 3.13. The van der Waals surface area contributed by atoms with Crippen LogP contribution in [0, 0.1) is 23.7 Å². The zero-order valence-corrected chi connectivity index (χ0v) is 17.5. The van der Waals surface area contributed by atoms with Gasteiger partial charge in [-0.15, -0.1) is 0 Å². The summed E-state index contributed by atoms with van der Waals surface area (Å²) in [6, 6.07) is 18.2. The van der Waals surface area contributed by atoms with E-state index < -0.39 is 0 Å². The molecule has 2 aromatic carbocycles. The largest absolute Gasteiger partial charge is 0.489 e. The van der Waals surface area contributed by atoms with Crippen molar-refractivity contribution in [2.24, 2.45) is 5.41 Å². The lowest BCUT2D eigenvalue weighted by Crippen LogP contribution is -2.46. The van der Waals surface area contributed by atoms with E-state index in [0.29, 0.717) is 17.3 Å². The van der Waals surface area contributed by atoms with Gasteiger partial charge in [0.2, 0.25) is 0 Å². The van der Waals surface area contributed by atoms with Crippen molar-refractivity contribution in [3.8, 4) is 11.8 Å². The maximum atomic E-state index is 9.77. The van der Waals surface area contributed by atoms with Crippen LogP contribution in [0.2, 0.25) is 0 Å². The number of ether oxygens (including phenoxy) is 1. The van der Waals surface area contributed by atoms with Gasteiger partial charge in [0.25, 0.3) is 0 Å². The highest BCUT2D eigenvalue weighted by Crippen LogP contribution is 2.34. The second-order valence-corrected chi connectivity index (χ2v) is 8.43. The third-order valence-corrected chi connectivity index (χ3v) is 4.90. The van der Waals surface area contributed by atoms with Crippen LogP contribution in [0.4, 0.5) is 0 Å². The van der Waals surface area contributed by atoms with Crippen LogP contribution >= 0.6 is 12.2 Å².